The van der Waals surface area contributed by atoms with Crippen LogP contribution in [-0.2, 0) is 9.59 Å². The summed E-state index contributed by atoms with van der Waals surface area (Å²) in [5.41, 5.74) is 0. The Morgan fingerprint density at radius 3 is 0.878 bits per heavy atom. The molecule has 0 aliphatic rings. The molecule has 0 aliphatic heterocycles. The molecule has 0 aromatic rings. The van der Waals surface area contributed by atoms with Crippen LogP contribution < -0.4 is 29.6 Å². The molecule has 0 unspecified atom stereocenters. The van der Waals surface area contributed by atoms with Crippen LogP contribution in [0.5, 0.6) is 0 Å². The summed E-state index contributed by atoms with van der Waals surface area (Å²) in [6.07, 6.45) is 41.4. The van der Waals surface area contributed by atoms with Crippen LogP contribution in [0.25, 0.3) is 0 Å². The Morgan fingerprint density at radius 2 is 0.634 bits per heavy atom. The molecule has 0 fully saturated rings. The monoisotopic (exact) mass is 591 g/mol. The summed E-state index contributed by atoms with van der Waals surface area (Å²) < 4.78 is 0. The van der Waals surface area contributed by atoms with E-state index < -0.39 is 11.9 Å². The molecule has 0 aliphatic carbocycles. The summed E-state index contributed by atoms with van der Waals surface area (Å²) in [6.45, 7) is 4.53. The van der Waals surface area contributed by atoms with Gasteiger partial charge in [-0.2, -0.15) is 0 Å². The van der Waals surface area contributed by atoms with E-state index in [9.17, 15) is 9.59 Å². The van der Waals surface area contributed by atoms with Gasteiger partial charge < -0.3 is 11.6 Å². The average molecular weight is 591 g/mol. The van der Waals surface area contributed by atoms with Crippen LogP contribution in [0.2, 0.25) is 0 Å². The fourth-order valence-corrected chi connectivity index (χ4v) is 4.99. The number of carboxylic acid groups (broad SMARTS) is 2. The van der Waals surface area contributed by atoms with Gasteiger partial charge in [-0.15, -0.1) is 0 Å². The first-order chi connectivity index (χ1) is 19.5. The Labute approximate surface area is 280 Å². The maximum atomic E-state index is 10.3. The molecule has 0 radical (unpaired) electrons. The van der Waals surface area contributed by atoms with Gasteiger partial charge in [0.05, 0.1) is 0 Å². The Hall–Kier alpha value is -0.320. The minimum absolute atomic E-state index is 0. The van der Waals surface area contributed by atoms with Crippen LogP contribution >= 0.6 is 0 Å². The van der Waals surface area contributed by atoms with Gasteiger partial charge in [-0.1, -0.05) is 167 Å². The number of allylic oxidation sites excluding steroid dienone is 2. The third kappa shape index (κ3) is 49.7. The van der Waals surface area contributed by atoms with Crippen molar-refractivity contribution < 1.29 is 50.8 Å². The number of carboxylic acids is 2. The van der Waals surface area contributed by atoms with Crippen molar-refractivity contribution in [2.24, 2.45) is 0 Å². The van der Waals surface area contributed by atoms with Crippen molar-refractivity contribution in [3.8, 4) is 0 Å². The van der Waals surface area contributed by atoms with Gasteiger partial charge in [0.25, 0.3) is 0 Å². The molecule has 4 nitrogen and oxygen atoms in total. The van der Waals surface area contributed by atoms with E-state index >= 15 is 0 Å². The molecule has 240 valence electrons. The molecule has 0 bridgehead atoms. The third-order valence-corrected chi connectivity index (χ3v) is 7.65. The van der Waals surface area contributed by atoms with Gasteiger partial charge in [0, 0.05) is 12.8 Å². The molecule has 5 heteroatoms. The van der Waals surface area contributed by atoms with Crippen LogP contribution in [0.4, 0.5) is 0 Å². The molecule has 0 rings (SSSR count). The Morgan fingerprint density at radius 1 is 0.415 bits per heavy atom. The van der Waals surface area contributed by atoms with Crippen molar-refractivity contribution in [2.45, 2.75) is 206 Å². The first kappa shape index (κ1) is 45.1. The second-order valence-electron chi connectivity index (χ2n) is 11.8. The summed E-state index contributed by atoms with van der Waals surface area (Å²) in [7, 11) is 0. The first-order valence-electron chi connectivity index (χ1n) is 17.6. The Balaban J connectivity index is -0.000000328. The quantitative estimate of drug-likeness (QED) is 0.0479. The second-order valence-corrected chi connectivity index (χ2v) is 11.8. The van der Waals surface area contributed by atoms with Crippen LogP contribution in [0.15, 0.2) is 12.2 Å². The van der Waals surface area contributed by atoms with E-state index in [-0.39, 0.29) is 31.0 Å². The predicted molar refractivity (Wildman–Crippen MR) is 175 cm³/mol. The normalized spacial score (nSPS) is 10.8. The molecular formula is C36H71NaO4. The standard InChI is InChI=1S/C18H36O2.C18H34O2.Na.H/c2*1-2-3-4-5-6-7-8-9-10-11-12-13-14-15-16-17-18(19)20;;/h2-17H2,1H3,(H,19,20);9-10H,2-8,11-17H2,1H3,(H,19,20);;/q;;+1;-1/b;10-9-;;. The summed E-state index contributed by atoms with van der Waals surface area (Å²) in [5, 5.41) is 17.0. The van der Waals surface area contributed by atoms with Gasteiger partial charge in [-0.25, -0.2) is 0 Å². The largest absolute Gasteiger partial charge is 1.00 e. The average Bonchev–Trinajstić information content (AvgIpc) is 2.93. The molecule has 0 aromatic heterocycles. The molecule has 0 saturated heterocycles. The van der Waals surface area contributed by atoms with Gasteiger partial charge in [-0.05, 0) is 38.5 Å². The first-order valence-corrected chi connectivity index (χ1v) is 17.6. The number of aliphatic carboxylic acids is 2. The zero-order valence-corrected chi connectivity index (χ0v) is 30.1. The van der Waals surface area contributed by atoms with Crippen molar-refractivity contribution >= 4 is 11.9 Å². The van der Waals surface area contributed by atoms with Gasteiger partial charge >= 0.3 is 41.5 Å². The minimum atomic E-state index is -0.664. The van der Waals surface area contributed by atoms with Gasteiger partial charge in [-0.3, -0.25) is 9.59 Å². The van der Waals surface area contributed by atoms with Crippen molar-refractivity contribution in [1.29, 1.82) is 0 Å². The zero-order valence-electron chi connectivity index (χ0n) is 29.1. The smallest absolute Gasteiger partial charge is 1.00 e. The van der Waals surface area contributed by atoms with Crippen molar-refractivity contribution in [2.75, 3.05) is 0 Å². The molecule has 0 spiro atoms. The molecule has 0 heterocycles. The third-order valence-electron chi connectivity index (χ3n) is 7.65. The summed E-state index contributed by atoms with van der Waals surface area (Å²) >= 11 is 0. The Bertz CT molecular complexity index is 542. The van der Waals surface area contributed by atoms with E-state index in [1.807, 2.05) is 0 Å². The fraction of sp³-hybridized carbons (Fsp3) is 0.889. The number of unbranched alkanes of at least 4 members (excludes halogenated alkanes) is 25. The van der Waals surface area contributed by atoms with Crippen molar-refractivity contribution in [3.63, 3.8) is 0 Å². The van der Waals surface area contributed by atoms with E-state index in [1.54, 1.807) is 0 Å². The van der Waals surface area contributed by atoms with Crippen LogP contribution in [0.3, 0.4) is 0 Å². The maximum absolute atomic E-state index is 10.3. The SMILES string of the molecule is CCCCCCCC/C=C\CCCCCCCC(=O)O.CCCCCCCCCCCCCCCCCC(=O)O.[H-].[Na+]. The second kappa shape index (κ2) is 41.8. The molecule has 2 N–H and O–H groups in total. The molecule has 41 heavy (non-hydrogen) atoms. The number of rotatable bonds is 31. The van der Waals surface area contributed by atoms with Crippen LogP contribution in [0.1, 0.15) is 208 Å². The maximum Gasteiger partial charge on any atom is 1.00 e. The van der Waals surface area contributed by atoms with Gasteiger partial charge in [0.2, 0.25) is 0 Å². The summed E-state index contributed by atoms with van der Waals surface area (Å²) in [6, 6.07) is 0. The van der Waals surface area contributed by atoms with Gasteiger partial charge in [0.1, 0.15) is 0 Å². The zero-order chi connectivity index (χ0) is 29.8. The van der Waals surface area contributed by atoms with Crippen molar-refractivity contribution in [3.05, 3.63) is 12.2 Å². The number of carbonyl (C=O) groups is 2. The van der Waals surface area contributed by atoms with Crippen LogP contribution in [0, 0.1) is 0 Å². The van der Waals surface area contributed by atoms with E-state index in [4.69, 9.17) is 10.2 Å². The summed E-state index contributed by atoms with van der Waals surface area (Å²) in [5.74, 6) is -1.32. The van der Waals surface area contributed by atoms with Crippen molar-refractivity contribution in [1.82, 2.24) is 0 Å². The predicted octanol–water partition coefficient (Wildman–Crippen LogP) is 9.56. The summed E-state index contributed by atoms with van der Waals surface area (Å²) in [4.78, 5) is 20.7. The Kier molecular flexibility index (Phi) is 46.0. The van der Waals surface area contributed by atoms with E-state index in [0.29, 0.717) is 12.8 Å². The number of hydrogen-bond acceptors (Lipinski definition) is 2. The molecule has 0 amide bonds. The minimum Gasteiger partial charge on any atom is -1.00 e. The van der Waals surface area contributed by atoms with Gasteiger partial charge in [0.15, 0.2) is 0 Å². The van der Waals surface area contributed by atoms with E-state index in [2.05, 4.69) is 26.0 Å². The molecule has 0 aromatic carbocycles. The van der Waals surface area contributed by atoms with E-state index in [0.717, 1.165) is 25.7 Å². The fourth-order valence-electron chi connectivity index (χ4n) is 4.99. The molecule has 0 atom stereocenters. The number of hydrogen-bond donors (Lipinski definition) is 2. The molecule has 0 saturated carbocycles. The molecular weight excluding hydrogens is 519 g/mol. The van der Waals surface area contributed by atoms with Crippen LogP contribution in [-0.4, -0.2) is 22.2 Å². The van der Waals surface area contributed by atoms with E-state index in [1.165, 1.54) is 154 Å². The topological polar surface area (TPSA) is 74.6 Å².